The fourth-order valence-electron chi connectivity index (χ4n) is 8.64. The van der Waals surface area contributed by atoms with Gasteiger partial charge < -0.3 is 13.9 Å². The van der Waals surface area contributed by atoms with Gasteiger partial charge in [0.25, 0.3) is 0 Å². The number of allylic oxidation sites excluding steroid dienone is 2. The molecular formula is C30H48O3Si. The molecule has 4 unspecified atom stereocenters. The van der Waals surface area contributed by atoms with Gasteiger partial charge in [0.05, 0.1) is 12.2 Å². The summed E-state index contributed by atoms with van der Waals surface area (Å²) >= 11 is 0. The average molecular weight is 485 g/mol. The highest BCUT2D eigenvalue weighted by molar-refractivity contribution is 6.74. The van der Waals surface area contributed by atoms with E-state index in [9.17, 15) is 0 Å². The van der Waals surface area contributed by atoms with Crippen LogP contribution < -0.4 is 0 Å². The molecule has 4 heteroatoms. The Morgan fingerprint density at radius 2 is 1.68 bits per heavy atom. The van der Waals surface area contributed by atoms with Crippen molar-refractivity contribution in [2.75, 3.05) is 0 Å². The Kier molecular flexibility index (Phi) is 5.68. The first kappa shape index (κ1) is 25.1. The van der Waals surface area contributed by atoms with E-state index in [2.05, 4.69) is 73.6 Å². The van der Waals surface area contributed by atoms with E-state index in [1.165, 1.54) is 31.3 Å². The minimum atomic E-state index is -1.81. The van der Waals surface area contributed by atoms with Crippen molar-refractivity contribution in [2.45, 2.75) is 129 Å². The molecule has 3 saturated carbocycles. The molecule has 5 rings (SSSR count). The zero-order valence-electron chi connectivity index (χ0n) is 23.2. The molecule has 3 nitrogen and oxygen atoms in total. The summed E-state index contributed by atoms with van der Waals surface area (Å²) in [5.74, 6) is 4.80. The summed E-state index contributed by atoms with van der Waals surface area (Å²) in [7, 11) is -1.81. The monoisotopic (exact) mass is 484 g/mol. The molecule has 9 atom stereocenters. The SMILES string of the molecule is C#CC1=CCC2C3C(CC[C@]12C)[C@@]1(C)CC[C@@H](O[Si](C)(C)C(C)(C)C)CC1[C@H]1OC(C)(C)O[C@H]31. The fraction of sp³-hybridized carbons (Fsp3) is 0.867. The summed E-state index contributed by atoms with van der Waals surface area (Å²) < 4.78 is 20.6. The number of hydrogen-bond acceptors (Lipinski definition) is 3. The lowest BCUT2D eigenvalue weighted by molar-refractivity contribution is -0.182. The van der Waals surface area contributed by atoms with E-state index >= 15 is 0 Å². The summed E-state index contributed by atoms with van der Waals surface area (Å²) in [4.78, 5) is 0. The lowest BCUT2D eigenvalue weighted by atomic mass is 9.43. The van der Waals surface area contributed by atoms with Crippen LogP contribution in [0.5, 0.6) is 0 Å². The second kappa shape index (κ2) is 7.70. The average Bonchev–Trinajstić information content (AvgIpc) is 3.22. The van der Waals surface area contributed by atoms with Crippen molar-refractivity contribution in [2.24, 2.45) is 34.5 Å². The van der Waals surface area contributed by atoms with Gasteiger partial charge in [-0.15, -0.1) is 6.42 Å². The number of rotatable bonds is 2. The molecule has 1 heterocycles. The molecule has 4 aliphatic carbocycles. The molecule has 0 aromatic carbocycles. The lowest BCUT2D eigenvalue weighted by Gasteiger charge is -2.63. The molecule has 0 aromatic heterocycles. The Labute approximate surface area is 209 Å². The molecule has 0 spiro atoms. The van der Waals surface area contributed by atoms with Crippen LogP contribution in [0.3, 0.4) is 0 Å². The second-order valence-corrected chi connectivity index (χ2v) is 19.5. The van der Waals surface area contributed by atoms with Gasteiger partial charge in [0, 0.05) is 17.1 Å². The third-order valence-electron chi connectivity index (χ3n) is 11.5. The highest BCUT2D eigenvalue weighted by Gasteiger charge is 2.68. The van der Waals surface area contributed by atoms with Gasteiger partial charge in [0.1, 0.15) is 0 Å². The Morgan fingerprint density at radius 1 is 1.00 bits per heavy atom. The van der Waals surface area contributed by atoms with E-state index < -0.39 is 14.1 Å². The van der Waals surface area contributed by atoms with Crippen LogP contribution in [0.2, 0.25) is 18.1 Å². The topological polar surface area (TPSA) is 27.7 Å². The summed E-state index contributed by atoms with van der Waals surface area (Å²) in [6.45, 7) is 21.1. The molecule has 5 aliphatic rings. The third kappa shape index (κ3) is 3.55. The molecule has 0 bridgehead atoms. The predicted molar refractivity (Wildman–Crippen MR) is 141 cm³/mol. The number of hydrogen-bond donors (Lipinski definition) is 0. The first-order chi connectivity index (χ1) is 15.6. The summed E-state index contributed by atoms with van der Waals surface area (Å²) in [5, 5.41) is 0.237. The van der Waals surface area contributed by atoms with Gasteiger partial charge in [0.15, 0.2) is 14.1 Å². The van der Waals surface area contributed by atoms with E-state index in [1.54, 1.807) is 0 Å². The summed E-state index contributed by atoms with van der Waals surface area (Å²) in [6, 6.07) is 0. The van der Waals surface area contributed by atoms with Crippen molar-refractivity contribution in [3.8, 4) is 12.3 Å². The maximum Gasteiger partial charge on any atom is 0.192 e. The lowest BCUT2D eigenvalue weighted by Crippen LogP contribution is -2.63. The van der Waals surface area contributed by atoms with Gasteiger partial charge in [-0.1, -0.05) is 46.6 Å². The zero-order valence-corrected chi connectivity index (χ0v) is 24.2. The van der Waals surface area contributed by atoms with E-state index in [4.69, 9.17) is 20.3 Å². The minimum absolute atomic E-state index is 0.127. The summed E-state index contributed by atoms with van der Waals surface area (Å²) in [6.07, 6.45) is 16.1. The van der Waals surface area contributed by atoms with Gasteiger partial charge in [-0.2, -0.15) is 0 Å². The van der Waals surface area contributed by atoms with Gasteiger partial charge in [-0.05, 0) is 99.6 Å². The van der Waals surface area contributed by atoms with Gasteiger partial charge in [0.2, 0.25) is 0 Å². The highest BCUT2D eigenvalue weighted by atomic mass is 28.4. The van der Waals surface area contributed by atoms with Crippen LogP contribution in [0.4, 0.5) is 0 Å². The molecule has 0 radical (unpaired) electrons. The molecule has 34 heavy (non-hydrogen) atoms. The van der Waals surface area contributed by atoms with E-state index in [1.807, 2.05) is 0 Å². The molecule has 190 valence electrons. The number of ether oxygens (including phenoxy) is 2. The Balaban J connectivity index is 1.47. The fourth-order valence-corrected chi connectivity index (χ4v) is 10.0. The smallest absolute Gasteiger partial charge is 0.192 e. The standard InChI is InChI=1S/C30H48O3Si/c1-11-19-12-13-21-24-22(15-17-29(19,21)7)30(8)16-14-20(33-34(9,10)27(2,3)4)18-23(30)25-26(24)32-28(5,6)31-25/h1,12,20-26H,13-18H2,2-10H3/t20-,21?,22?,23?,24?,25-,26-,29-,30-/m1/s1. The number of terminal acetylenes is 1. The van der Waals surface area contributed by atoms with Crippen LogP contribution in [0.25, 0.3) is 0 Å². The first-order valence-corrected chi connectivity index (χ1v) is 16.7. The van der Waals surface area contributed by atoms with Crippen LogP contribution in [-0.2, 0) is 13.9 Å². The van der Waals surface area contributed by atoms with Gasteiger partial charge >= 0.3 is 0 Å². The maximum atomic E-state index is 7.00. The van der Waals surface area contributed by atoms with Crippen LogP contribution in [0.1, 0.15) is 87.0 Å². The largest absolute Gasteiger partial charge is 0.414 e. The van der Waals surface area contributed by atoms with Crippen molar-refractivity contribution in [1.82, 2.24) is 0 Å². The van der Waals surface area contributed by atoms with Crippen molar-refractivity contribution in [1.29, 1.82) is 0 Å². The van der Waals surface area contributed by atoms with E-state index in [-0.39, 0.29) is 28.1 Å². The molecule has 0 N–H and O–H groups in total. The van der Waals surface area contributed by atoms with Crippen LogP contribution in [0.15, 0.2) is 11.6 Å². The third-order valence-corrected chi connectivity index (χ3v) is 16.0. The first-order valence-electron chi connectivity index (χ1n) is 13.8. The Bertz CT molecular complexity index is 907. The quantitative estimate of drug-likeness (QED) is 0.303. The number of fused-ring (bicyclic) bond motifs is 8. The van der Waals surface area contributed by atoms with Crippen LogP contribution in [-0.4, -0.2) is 32.4 Å². The van der Waals surface area contributed by atoms with Crippen LogP contribution >= 0.6 is 0 Å². The van der Waals surface area contributed by atoms with Crippen molar-refractivity contribution < 1.29 is 13.9 Å². The second-order valence-electron chi connectivity index (χ2n) is 14.7. The minimum Gasteiger partial charge on any atom is -0.414 e. The van der Waals surface area contributed by atoms with Crippen molar-refractivity contribution in [3.05, 3.63) is 11.6 Å². The highest BCUT2D eigenvalue weighted by Crippen LogP contribution is 2.68. The van der Waals surface area contributed by atoms with Crippen molar-refractivity contribution in [3.63, 3.8) is 0 Å². The van der Waals surface area contributed by atoms with E-state index in [0.717, 1.165) is 12.8 Å². The normalized spacial score (nSPS) is 47.6. The molecule has 4 fully saturated rings. The molecule has 0 aromatic rings. The predicted octanol–water partition coefficient (Wildman–Crippen LogP) is 7.33. The molecule has 0 amide bonds. The Hall–Kier alpha value is -0.603. The molecular weight excluding hydrogens is 436 g/mol. The van der Waals surface area contributed by atoms with Crippen molar-refractivity contribution >= 4 is 8.32 Å². The van der Waals surface area contributed by atoms with Crippen LogP contribution in [0, 0.1) is 46.8 Å². The van der Waals surface area contributed by atoms with E-state index in [0.29, 0.717) is 29.8 Å². The van der Waals surface area contributed by atoms with Gasteiger partial charge in [-0.25, -0.2) is 0 Å². The van der Waals surface area contributed by atoms with Gasteiger partial charge in [-0.3, -0.25) is 0 Å². The summed E-state index contributed by atoms with van der Waals surface area (Å²) in [5.41, 5.74) is 1.65. The zero-order chi connectivity index (χ0) is 24.9. The Morgan fingerprint density at radius 3 is 2.32 bits per heavy atom. The maximum absolute atomic E-state index is 7.00. The molecule has 1 saturated heterocycles. The molecule has 1 aliphatic heterocycles.